The van der Waals surface area contributed by atoms with Crippen LogP contribution in [0.3, 0.4) is 0 Å². The Morgan fingerprint density at radius 2 is 2.14 bits per heavy atom. The molecule has 2 aromatic rings. The molecule has 2 rings (SSSR count). The number of nitrogens with zero attached hydrogens (tertiary/aromatic N) is 1. The fourth-order valence-corrected chi connectivity index (χ4v) is 2.19. The van der Waals surface area contributed by atoms with E-state index in [1.54, 1.807) is 35.8 Å². The van der Waals surface area contributed by atoms with Gasteiger partial charge in [-0.3, -0.25) is 9.59 Å². The van der Waals surface area contributed by atoms with Gasteiger partial charge < -0.3 is 15.4 Å². The smallest absolute Gasteiger partial charge is 0.255 e. The summed E-state index contributed by atoms with van der Waals surface area (Å²) in [6.07, 6.45) is 1.59. The third-order valence-corrected chi connectivity index (χ3v) is 3.21. The molecule has 1 aromatic carbocycles. The van der Waals surface area contributed by atoms with E-state index in [1.165, 1.54) is 11.3 Å². The van der Waals surface area contributed by atoms with Crippen LogP contribution in [0.1, 0.15) is 17.3 Å². The SMILES string of the molecule is CCOc1ccccc1C(=O)NCC(=O)Nc1nccs1. The Bertz CT molecular complexity index is 614. The van der Waals surface area contributed by atoms with E-state index in [1.807, 2.05) is 6.92 Å². The summed E-state index contributed by atoms with van der Waals surface area (Å²) < 4.78 is 5.38. The van der Waals surface area contributed by atoms with Crippen molar-refractivity contribution < 1.29 is 14.3 Å². The van der Waals surface area contributed by atoms with Crippen LogP contribution in [0.5, 0.6) is 5.75 Å². The molecule has 1 aromatic heterocycles. The first-order valence-electron chi connectivity index (χ1n) is 6.40. The first kappa shape index (κ1) is 15.0. The highest BCUT2D eigenvalue weighted by Crippen LogP contribution is 2.17. The molecular formula is C14H15N3O3S. The quantitative estimate of drug-likeness (QED) is 0.854. The lowest BCUT2D eigenvalue weighted by molar-refractivity contribution is -0.115. The molecule has 0 radical (unpaired) electrons. The molecule has 0 bridgehead atoms. The fraction of sp³-hybridized carbons (Fsp3) is 0.214. The average Bonchev–Trinajstić information content (AvgIpc) is 2.98. The van der Waals surface area contributed by atoms with Crippen LogP contribution in [0.25, 0.3) is 0 Å². The standard InChI is InChI=1S/C14H15N3O3S/c1-2-20-11-6-4-3-5-10(11)13(19)16-9-12(18)17-14-15-7-8-21-14/h3-8H,2,9H2,1H3,(H,16,19)(H,15,17,18). The van der Waals surface area contributed by atoms with Crippen LogP contribution in [0, 0.1) is 0 Å². The van der Waals surface area contributed by atoms with Crippen molar-refractivity contribution in [3.63, 3.8) is 0 Å². The number of amides is 2. The second kappa shape index (κ2) is 7.39. The van der Waals surface area contributed by atoms with E-state index in [-0.39, 0.29) is 18.4 Å². The number of nitrogens with one attached hydrogen (secondary N) is 2. The van der Waals surface area contributed by atoms with Crippen molar-refractivity contribution in [1.82, 2.24) is 10.3 Å². The maximum absolute atomic E-state index is 12.1. The number of carbonyl (C=O) groups is 2. The van der Waals surface area contributed by atoms with Gasteiger partial charge in [0.15, 0.2) is 5.13 Å². The van der Waals surface area contributed by atoms with Gasteiger partial charge in [-0.25, -0.2) is 4.98 Å². The summed E-state index contributed by atoms with van der Waals surface area (Å²) in [7, 11) is 0. The van der Waals surface area contributed by atoms with E-state index in [9.17, 15) is 9.59 Å². The zero-order valence-corrected chi connectivity index (χ0v) is 12.3. The molecular weight excluding hydrogens is 290 g/mol. The molecule has 0 fully saturated rings. The highest BCUT2D eigenvalue weighted by atomic mass is 32.1. The minimum atomic E-state index is -0.353. The molecule has 21 heavy (non-hydrogen) atoms. The number of para-hydroxylation sites is 1. The van der Waals surface area contributed by atoms with Crippen LogP contribution >= 0.6 is 11.3 Å². The average molecular weight is 305 g/mol. The van der Waals surface area contributed by atoms with Crippen molar-refractivity contribution in [2.45, 2.75) is 6.92 Å². The monoisotopic (exact) mass is 305 g/mol. The number of anilines is 1. The van der Waals surface area contributed by atoms with Gasteiger partial charge in [0.1, 0.15) is 5.75 Å². The number of carbonyl (C=O) groups excluding carboxylic acids is 2. The zero-order chi connectivity index (χ0) is 15.1. The van der Waals surface area contributed by atoms with Gasteiger partial charge in [-0.05, 0) is 19.1 Å². The van der Waals surface area contributed by atoms with Crippen molar-refractivity contribution in [3.05, 3.63) is 41.4 Å². The second-order valence-electron chi connectivity index (χ2n) is 4.00. The topological polar surface area (TPSA) is 80.3 Å². The van der Waals surface area contributed by atoms with Gasteiger partial charge in [0.25, 0.3) is 5.91 Å². The lowest BCUT2D eigenvalue weighted by Gasteiger charge is -2.10. The lowest BCUT2D eigenvalue weighted by Crippen LogP contribution is -2.33. The second-order valence-corrected chi connectivity index (χ2v) is 4.89. The number of ether oxygens (including phenoxy) is 1. The van der Waals surface area contributed by atoms with E-state index in [4.69, 9.17) is 4.74 Å². The Morgan fingerprint density at radius 1 is 1.33 bits per heavy atom. The molecule has 0 aliphatic rings. The first-order chi connectivity index (χ1) is 10.2. The predicted octanol–water partition coefficient (Wildman–Crippen LogP) is 1.91. The summed E-state index contributed by atoms with van der Waals surface area (Å²) in [6.45, 7) is 2.18. The van der Waals surface area contributed by atoms with Crippen molar-refractivity contribution in [3.8, 4) is 5.75 Å². The molecule has 0 saturated heterocycles. The van der Waals surface area contributed by atoms with Crippen molar-refractivity contribution in [2.75, 3.05) is 18.5 Å². The Kier molecular flexibility index (Phi) is 5.28. The molecule has 2 N–H and O–H groups in total. The lowest BCUT2D eigenvalue weighted by atomic mass is 10.2. The van der Waals surface area contributed by atoms with Crippen LogP contribution in [-0.4, -0.2) is 29.9 Å². The summed E-state index contributed by atoms with van der Waals surface area (Å²) in [5.41, 5.74) is 0.404. The molecule has 7 heteroatoms. The maximum atomic E-state index is 12.1. The number of benzene rings is 1. The van der Waals surface area contributed by atoms with Crippen LogP contribution in [0.4, 0.5) is 5.13 Å². The van der Waals surface area contributed by atoms with Gasteiger partial charge in [0.2, 0.25) is 5.91 Å². The molecule has 0 saturated carbocycles. The number of aromatic nitrogens is 1. The van der Waals surface area contributed by atoms with Crippen LogP contribution in [0.15, 0.2) is 35.8 Å². The molecule has 110 valence electrons. The van der Waals surface area contributed by atoms with Gasteiger partial charge in [0.05, 0.1) is 18.7 Å². The summed E-state index contributed by atoms with van der Waals surface area (Å²) in [5, 5.41) is 7.41. The highest BCUT2D eigenvalue weighted by molar-refractivity contribution is 7.13. The highest BCUT2D eigenvalue weighted by Gasteiger charge is 2.13. The van der Waals surface area contributed by atoms with E-state index >= 15 is 0 Å². The first-order valence-corrected chi connectivity index (χ1v) is 7.28. The Labute approximate surface area is 126 Å². The maximum Gasteiger partial charge on any atom is 0.255 e. The minimum absolute atomic E-state index is 0.126. The van der Waals surface area contributed by atoms with Crippen molar-refractivity contribution in [1.29, 1.82) is 0 Å². The molecule has 0 aliphatic heterocycles. The normalized spacial score (nSPS) is 9.95. The van der Waals surface area contributed by atoms with E-state index < -0.39 is 0 Å². The Balaban J connectivity index is 1.91. The van der Waals surface area contributed by atoms with E-state index in [0.29, 0.717) is 23.1 Å². The number of hydrogen-bond donors (Lipinski definition) is 2. The molecule has 0 unspecified atom stereocenters. The number of thiazole rings is 1. The third kappa shape index (κ3) is 4.28. The molecule has 6 nitrogen and oxygen atoms in total. The van der Waals surface area contributed by atoms with E-state index in [2.05, 4.69) is 15.6 Å². The molecule has 0 aliphatic carbocycles. The molecule has 2 amide bonds. The van der Waals surface area contributed by atoms with E-state index in [0.717, 1.165) is 0 Å². The number of rotatable bonds is 6. The summed E-state index contributed by atoms with van der Waals surface area (Å²) in [4.78, 5) is 27.7. The van der Waals surface area contributed by atoms with Gasteiger partial charge in [-0.2, -0.15) is 0 Å². The predicted molar refractivity (Wildman–Crippen MR) is 80.7 cm³/mol. The van der Waals surface area contributed by atoms with Crippen molar-refractivity contribution >= 4 is 28.3 Å². The van der Waals surface area contributed by atoms with Crippen LogP contribution in [0.2, 0.25) is 0 Å². The molecule has 0 spiro atoms. The summed E-state index contributed by atoms with van der Waals surface area (Å²) in [6, 6.07) is 6.90. The van der Waals surface area contributed by atoms with Gasteiger partial charge >= 0.3 is 0 Å². The van der Waals surface area contributed by atoms with Crippen molar-refractivity contribution in [2.24, 2.45) is 0 Å². The fourth-order valence-electron chi connectivity index (χ4n) is 1.64. The Morgan fingerprint density at radius 3 is 2.86 bits per heavy atom. The third-order valence-electron chi connectivity index (χ3n) is 2.52. The Hall–Kier alpha value is -2.41. The molecule has 1 heterocycles. The number of hydrogen-bond acceptors (Lipinski definition) is 5. The largest absolute Gasteiger partial charge is 0.493 e. The van der Waals surface area contributed by atoms with Crippen LogP contribution < -0.4 is 15.4 Å². The molecule has 0 atom stereocenters. The zero-order valence-electron chi connectivity index (χ0n) is 11.5. The van der Waals surface area contributed by atoms with Gasteiger partial charge in [0, 0.05) is 11.6 Å². The minimum Gasteiger partial charge on any atom is -0.493 e. The van der Waals surface area contributed by atoms with Crippen LogP contribution in [-0.2, 0) is 4.79 Å². The summed E-state index contributed by atoms with van der Waals surface area (Å²) >= 11 is 1.32. The summed E-state index contributed by atoms with van der Waals surface area (Å²) in [5.74, 6) is -0.182. The van der Waals surface area contributed by atoms with Gasteiger partial charge in [-0.1, -0.05) is 12.1 Å². The van der Waals surface area contributed by atoms with Gasteiger partial charge in [-0.15, -0.1) is 11.3 Å².